The molecule has 0 spiro atoms. The summed E-state index contributed by atoms with van der Waals surface area (Å²) in [6.45, 7) is 7.17. The molecule has 0 bridgehead atoms. The molecule has 4 heteroatoms. The molecule has 0 aliphatic rings. The van der Waals surface area contributed by atoms with Gasteiger partial charge in [0.1, 0.15) is 0 Å². The van der Waals surface area contributed by atoms with Gasteiger partial charge in [0.05, 0.1) is 5.69 Å². The summed E-state index contributed by atoms with van der Waals surface area (Å²) in [5.41, 5.74) is 6.86. The smallest absolute Gasteiger partial charge is 0.0637 e. The molecular weight excluding hydrogens is 200 g/mol. The maximum absolute atomic E-state index is 5.71. The lowest BCUT2D eigenvalue weighted by Crippen LogP contribution is -2.32. The van der Waals surface area contributed by atoms with E-state index in [1.54, 1.807) is 0 Å². The number of nitrogens with zero attached hydrogens (tertiary/aromatic N) is 2. The molecule has 1 heterocycles. The number of aryl methyl sites for hydroxylation is 1. The van der Waals surface area contributed by atoms with E-state index in [2.05, 4.69) is 30.3 Å². The minimum absolute atomic E-state index is 0.573. The van der Waals surface area contributed by atoms with Crippen LogP contribution in [0.1, 0.15) is 19.5 Å². The largest absolute Gasteiger partial charge is 0.330 e. The molecule has 0 saturated heterocycles. The first-order valence-electron chi connectivity index (χ1n) is 6.02. The second-order valence-corrected chi connectivity index (χ2v) is 4.67. The van der Waals surface area contributed by atoms with Gasteiger partial charge >= 0.3 is 0 Å². The number of hydrogen-bond acceptors (Lipinski definition) is 3. The monoisotopic (exact) mass is 224 g/mol. The molecule has 92 valence electrons. The zero-order chi connectivity index (χ0) is 12.0. The predicted octanol–water partition coefficient (Wildman–Crippen LogP) is 0.783. The molecular formula is C12H24N4. The van der Waals surface area contributed by atoms with Crippen molar-refractivity contribution in [2.75, 3.05) is 19.6 Å². The van der Waals surface area contributed by atoms with E-state index in [0.29, 0.717) is 11.8 Å². The van der Waals surface area contributed by atoms with Crippen molar-refractivity contribution in [1.29, 1.82) is 0 Å². The number of nitrogens with one attached hydrogen (secondary N) is 1. The Morgan fingerprint density at radius 1 is 1.50 bits per heavy atom. The van der Waals surface area contributed by atoms with Gasteiger partial charge < -0.3 is 11.1 Å². The van der Waals surface area contributed by atoms with E-state index in [4.69, 9.17) is 5.73 Å². The van der Waals surface area contributed by atoms with Gasteiger partial charge in [0.25, 0.3) is 0 Å². The van der Waals surface area contributed by atoms with E-state index in [9.17, 15) is 0 Å². The van der Waals surface area contributed by atoms with Crippen molar-refractivity contribution in [3.05, 3.63) is 18.0 Å². The van der Waals surface area contributed by atoms with Crippen molar-refractivity contribution in [2.24, 2.45) is 24.6 Å². The molecule has 1 aromatic heterocycles. The Kier molecular flexibility index (Phi) is 5.49. The highest BCUT2D eigenvalue weighted by Gasteiger charge is 2.10. The third-order valence-electron chi connectivity index (χ3n) is 2.98. The second kappa shape index (κ2) is 6.66. The zero-order valence-corrected chi connectivity index (χ0v) is 10.6. The summed E-state index contributed by atoms with van der Waals surface area (Å²) in [5.74, 6) is 1.22. The molecule has 0 amide bonds. The van der Waals surface area contributed by atoms with Crippen LogP contribution in [0.5, 0.6) is 0 Å². The summed E-state index contributed by atoms with van der Waals surface area (Å²) in [6, 6.07) is 2.06. The van der Waals surface area contributed by atoms with Crippen LogP contribution in [0.3, 0.4) is 0 Å². The third kappa shape index (κ3) is 4.33. The van der Waals surface area contributed by atoms with Gasteiger partial charge in [-0.2, -0.15) is 5.10 Å². The van der Waals surface area contributed by atoms with Gasteiger partial charge in [-0.05, 0) is 31.0 Å². The number of hydrogen-bond donors (Lipinski definition) is 2. The minimum atomic E-state index is 0.573. The lowest BCUT2D eigenvalue weighted by Gasteiger charge is -2.19. The molecule has 0 radical (unpaired) electrons. The first-order chi connectivity index (χ1) is 7.63. The van der Waals surface area contributed by atoms with Gasteiger partial charge in [0, 0.05) is 26.2 Å². The molecule has 1 unspecified atom stereocenters. The number of aromatic nitrogens is 2. The summed E-state index contributed by atoms with van der Waals surface area (Å²) in [4.78, 5) is 0. The Balaban J connectivity index is 2.16. The number of rotatable bonds is 7. The molecule has 4 nitrogen and oxygen atoms in total. The fraction of sp³-hybridized carbons (Fsp3) is 0.750. The molecule has 1 atom stereocenters. The Labute approximate surface area is 98.2 Å². The SMILES string of the molecule is CC(C)C(CN)CNCCc1ccn(C)n1. The number of nitrogens with two attached hydrogens (primary N) is 1. The standard InChI is InChI=1S/C12H24N4/c1-10(2)11(8-13)9-14-6-4-12-5-7-16(3)15-12/h5,7,10-11,14H,4,6,8-9,13H2,1-3H3. The van der Waals surface area contributed by atoms with Crippen LogP contribution in [0.15, 0.2) is 12.3 Å². The van der Waals surface area contributed by atoms with E-state index in [1.807, 2.05) is 17.9 Å². The summed E-state index contributed by atoms with van der Waals surface area (Å²) in [6.07, 6.45) is 2.96. The topological polar surface area (TPSA) is 55.9 Å². The van der Waals surface area contributed by atoms with Crippen molar-refractivity contribution in [3.63, 3.8) is 0 Å². The average molecular weight is 224 g/mol. The Bertz CT molecular complexity index is 293. The average Bonchev–Trinajstić information content (AvgIpc) is 2.64. The molecule has 3 N–H and O–H groups in total. The van der Waals surface area contributed by atoms with Crippen LogP contribution in [-0.4, -0.2) is 29.4 Å². The maximum atomic E-state index is 5.71. The second-order valence-electron chi connectivity index (χ2n) is 4.67. The van der Waals surface area contributed by atoms with Crippen LogP contribution in [0, 0.1) is 11.8 Å². The van der Waals surface area contributed by atoms with E-state index in [-0.39, 0.29) is 0 Å². The third-order valence-corrected chi connectivity index (χ3v) is 2.98. The fourth-order valence-corrected chi connectivity index (χ4v) is 1.69. The van der Waals surface area contributed by atoms with E-state index in [1.165, 1.54) is 0 Å². The Morgan fingerprint density at radius 2 is 2.25 bits per heavy atom. The van der Waals surface area contributed by atoms with Crippen LogP contribution in [-0.2, 0) is 13.5 Å². The minimum Gasteiger partial charge on any atom is -0.330 e. The van der Waals surface area contributed by atoms with Crippen LogP contribution in [0.25, 0.3) is 0 Å². The van der Waals surface area contributed by atoms with E-state index >= 15 is 0 Å². The summed E-state index contributed by atoms with van der Waals surface area (Å²) in [7, 11) is 1.94. The van der Waals surface area contributed by atoms with Crippen molar-refractivity contribution in [3.8, 4) is 0 Å². The molecule has 0 fully saturated rings. The quantitative estimate of drug-likeness (QED) is 0.673. The highest BCUT2D eigenvalue weighted by molar-refractivity contribution is 4.98. The normalized spacial score (nSPS) is 13.3. The first-order valence-corrected chi connectivity index (χ1v) is 6.02. The molecule has 16 heavy (non-hydrogen) atoms. The van der Waals surface area contributed by atoms with Crippen LogP contribution in [0.4, 0.5) is 0 Å². The van der Waals surface area contributed by atoms with Crippen molar-refractivity contribution in [1.82, 2.24) is 15.1 Å². The summed E-state index contributed by atoms with van der Waals surface area (Å²) < 4.78 is 1.84. The van der Waals surface area contributed by atoms with Gasteiger partial charge in [-0.3, -0.25) is 4.68 Å². The lowest BCUT2D eigenvalue weighted by atomic mass is 9.96. The summed E-state index contributed by atoms with van der Waals surface area (Å²) in [5, 5.41) is 7.78. The van der Waals surface area contributed by atoms with Crippen LogP contribution in [0.2, 0.25) is 0 Å². The molecule has 1 aromatic rings. The van der Waals surface area contributed by atoms with Crippen LogP contribution >= 0.6 is 0 Å². The molecule has 0 aromatic carbocycles. The summed E-state index contributed by atoms with van der Waals surface area (Å²) >= 11 is 0. The fourth-order valence-electron chi connectivity index (χ4n) is 1.69. The molecule has 0 aliphatic carbocycles. The Morgan fingerprint density at radius 3 is 2.75 bits per heavy atom. The van der Waals surface area contributed by atoms with Gasteiger partial charge in [-0.25, -0.2) is 0 Å². The first kappa shape index (κ1) is 13.2. The van der Waals surface area contributed by atoms with Crippen molar-refractivity contribution < 1.29 is 0 Å². The van der Waals surface area contributed by atoms with Gasteiger partial charge in [-0.15, -0.1) is 0 Å². The lowest BCUT2D eigenvalue weighted by molar-refractivity contribution is 0.372. The van der Waals surface area contributed by atoms with E-state index in [0.717, 1.165) is 31.7 Å². The van der Waals surface area contributed by atoms with Crippen molar-refractivity contribution >= 4 is 0 Å². The molecule has 0 saturated carbocycles. The molecule has 0 aliphatic heterocycles. The van der Waals surface area contributed by atoms with Gasteiger partial charge in [0.15, 0.2) is 0 Å². The van der Waals surface area contributed by atoms with Gasteiger partial charge in [0.2, 0.25) is 0 Å². The highest BCUT2D eigenvalue weighted by atomic mass is 15.2. The highest BCUT2D eigenvalue weighted by Crippen LogP contribution is 2.07. The van der Waals surface area contributed by atoms with Crippen molar-refractivity contribution in [2.45, 2.75) is 20.3 Å². The molecule has 1 rings (SSSR count). The van der Waals surface area contributed by atoms with Crippen LogP contribution < -0.4 is 11.1 Å². The van der Waals surface area contributed by atoms with Gasteiger partial charge in [-0.1, -0.05) is 13.8 Å². The maximum Gasteiger partial charge on any atom is 0.0637 e. The van der Waals surface area contributed by atoms with E-state index < -0.39 is 0 Å². The predicted molar refractivity (Wildman–Crippen MR) is 67.2 cm³/mol. The zero-order valence-electron chi connectivity index (χ0n) is 10.6. The Hall–Kier alpha value is -0.870.